The predicted molar refractivity (Wildman–Crippen MR) is 139 cm³/mol. The molecule has 0 aromatic heterocycles. The maximum atomic E-state index is 10.9. The van der Waals surface area contributed by atoms with Crippen molar-refractivity contribution in [2.24, 2.45) is 16.6 Å². The third-order valence-electron chi connectivity index (χ3n) is 5.13. The number of hydrogen-bond acceptors (Lipinski definition) is 5. The van der Waals surface area contributed by atoms with Crippen LogP contribution in [0.5, 0.6) is 11.5 Å². The fourth-order valence-electron chi connectivity index (χ4n) is 3.35. The number of benzene rings is 2. The molecule has 33 heavy (non-hydrogen) atoms. The third-order valence-corrected chi connectivity index (χ3v) is 5.13. The van der Waals surface area contributed by atoms with Crippen molar-refractivity contribution in [1.82, 2.24) is 10.6 Å². The molecule has 0 radical (unpaired) electrons. The van der Waals surface area contributed by atoms with E-state index in [1.54, 1.807) is 13.1 Å². The van der Waals surface area contributed by atoms with Crippen LogP contribution in [0.15, 0.2) is 47.5 Å². The van der Waals surface area contributed by atoms with Gasteiger partial charge in [0.15, 0.2) is 12.6 Å². The van der Waals surface area contributed by atoms with Gasteiger partial charge in [-0.25, -0.2) is 0 Å². The molecule has 1 heterocycles. The number of ether oxygens (including phenoxy) is 3. The summed E-state index contributed by atoms with van der Waals surface area (Å²) in [5.41, 5.74) is 8.35. The molecule has 1 atom stereocenters. The van der Waals surface area contributed by atoms with Crippen molar-refractivity contribution in [1.29, 1.82) is 0 Å². The molecular formula is C24H33IN4O4. The zero-order chi connectivity index (χ0) is 22.8. The molecule has 2 aromatic carbocycles. The van der Waals surface area contributed by atoms with Crippen molar-refractivity contribution >= 4 is 35.8 Å². The van der Waals surface area contributed by atoms with Crippen molar-refractivity contribution in [3.8, 4) is 11.5 Å². The Morgan fingerprint density at radius 1 is 1.18 bits per heavy atom. The summed E-state index contributed by atoms with van der Waals surface area (Å²) in [5, 5.41) is 6.63. The summed E-state index contributed by atoms with van der Waals surface area (Å²) in [6, 6.07) is 13.7. The van der Waals surface area contributed by atoms with Gasteiger partial charge in [0.25, 0.3) is 5.91 Å². The summed E-state index contributed by atoms with van der Waals surface area (Å²) in [7, 11) is 1.73. The van der Waals surface area contributed by atoms with E-state index in [4.69, 9.17) is 19.9 Å². The molecule has 4 N–H and O–H groups in total. The van der Waals surface area contributed by atoms with E-state index in [2.05, 4.69) is 40.7 Å². The van der Waals surface area contributed by atoms with Gasteiger partial charge in [-0.15, -0.1) is 24.0 Å². The Morgan fingerprint density at radius 3 is 2.73 bits per heavy atom. The lowest BCUT2D eigenvalue weighted by Gasteiger charge is -2.17. The zero-order valence-corrected chi connectivity index (χ0v) is 21.5. The van der Waals surface area contributed by atoms with Crippen LogP contribution in [0.3, 0.4) is 0 Å². The lowest BCUT2D eigenvalue weighted by atomic mass is 10.1. The van der Waals surface area contributed by atoms with E-state index >= 15 is 0 Å². The van der Waals surface area contributed by atoms with Gasteiger partial charge >= 0.3 is 0 Å². The highest BCUT2D eigenvalue weighted by Gasteiger charge is 2.17. The second-order valence-corrected chi connectivity index (χ2v) is 7.83. The molecule has 1 unspecified atom stereocenters. The van der Waals surface area contributed by atoms with Gasteiger partial charge < -0.3 is 30.6 Å². The van der Waals surface area contributed by atoms with Gasteiger partial charge in [-0.2, -0.15) is 0 Å². The van der Waals surface area contributed by atoms with Crippen LogP contribution in [0.25, 0.3) is 0 Å². The highest BCUT2D eigenvalue weighted by molar-refractivity contribution is 14.0. The first kappa shape index (κ1) is 26.7. The summed E-state index contributed by atoms with van der Waals surface area (Å²) in [4.78, 5) is 15.2. The van der Waals surface area contributed by atoms with E-state index < -0.39 is 5.91 Å². The number of primary amides is 1. The number of nitrogens with zero attached hydrogens (tertiary/aromatic N) is 1. The van der Waals surface area contributed by atoms with Crippen LogP contribution in [0.2, 0.25) is 0 Å². The Labute approximate surface area is 212 Å². The highest BCUT2D eigenvalue weighted by atomic mass is 127. The number of guanidine groups is 1. The number of amides is 1. The van der Waals surface area contributed by atoms with E-state index in [1.807, 2.05) is 18.2 Å². The van der Waals surface area contributed by atoms with E-state index in [0.29, 0.717) is 37.3 Å². The molecule has 2 aromatic rings. The van der Waals surface area contributed by atoms with Crippen LogP contribution in [0.1, 0.15) is 23.1 Å². The first-order valence-electron chi connectivity index (χ1n) is 10.8. The van der Waals surface area contributed by atoms with Crippen LogP contribution in [-0.4, -0.2) is 45.3 Å². The molecule has 1 saturated heterocycles. The number of nitrogens with one attached hydrogen (secondary N) is 2. The second-order valence-electron chi connectivity index (χ2n) is 7.83. The number of aryl methyl sites for hydroxylation is 1. The summed E-state index contributed by atoms with van der Waals surface area (Å²) in [5.74, 6) is 2.10. The molecule has 0 bridgehead atoms. The van der Waals surface area contributed by atoms with Gasteiger partial charge in [0.2, 0.25) is 0 Å². The maximum Gasteiger partial charge on any atom is 0.255 e. The molecule has 0 saturated carbocycles. The molecule has 9 heteroatoms. The smallest absolute Gasteiger partial charge is 0.255 e. The molecule has 3 rings (SSSR count). The number of halogens is 1. The summed E-state index contributed by atoms with van der Waals surface area (Å²) in [6.07, 6.45) is 1.05. The summed E-state index contributed by atoms with van der Waals surface area (Å²) < 4.78 is 16.9. The average Bonchev–Trinajstić information content (AvgIpc) is 3.31. The first-order valence-corrected chi connectivity index (χ1v) is 10.8. The molecular weight excluding hydrogens is 535 g/mol. The number of nitrogens with two attached hydrogens (primary N) is 1. The number of carbonyl (C=O) groups excluding carboxylic acids is 1. The molecule has 1 amide bonds. The topological polar surface area (TPSA) is 107 Å². The molecule has 1 fully saturated rings. The second kappa shape index (κ2) is 13.9. The van der Waals surface area contributed by atoms with Crippen LogP contribution in [0, 0.1) is 12.8 Å². The largest absolute Gasteiger partial charge is 0.493 e. The number of hydrogen-bond donors (Lipinski definition) is 3. The molecule has 180 valence electrons. The zero-order valence-electron chi connectivity index (χ0n) is 19.1. The monoisotopic (exact) mass is 568 g/mol. The van der Waals surface area contributed by atoms with Gasteiger partial charge in [0, 0.05) is 38.2 Å². The van der Waals surface area contributed by atoms with E-state index in [0.717, 1.165) is 42.1 Å². The average molecular weight is 568 g/mol. The normalized spacial score (nSPS) is 15.5. The van der Waals surface area contributed by atoms with E-state index in [-0.39, 0.29) is 30.6 Å². The third kappa shape index (κ3) is 9.09. The Morgan fingerprint density at radius 2 is 2.00 bits per heavy atom. The van der Waals surface area contributed by atoms with Crippen molar-refractivity contribution in [3.63, 3.8) is 0 Å². The SMILES string of the molecule is CN=C(NCc1cccc(OCC(N)=O)c1)NCc1ccc(C)cc1OCC1CCOC1.I. The first-order chi connectivity index (χ1) is 15.5. The van der Waals surface area contributed by atoms with Crippen LogP contribution < -0.4 is 25.8 Å². The standard InChI is InChI=1S/C24H32N4O4.HI/c1-17-6-7-20(22(10-17)32-15-19-8-9-30-14-19)13-28-24(26-2)27-12-18-4-3-5-21(11-18)31-16-23(25)29;/h3-7,10-11,19H,8-9,12-16H2,1-2H3,(H2,25,29)(H2,26,27,28);1H. The van der Waals surface area contributed by atoms with E-state index in [9.17, 15) is 4.79 Å². The van der Waals surface area contributed by atoms with Gasteiger partial charge in [0.05, 0.1) is 13.2 Å². The fraction of sp³-hybridized carbons (Fsp3) is 0.417. The molecule has 0 aliphatic carbocycles. The quantitative estimate of drug-likeness (QED) is 0.231. The Hall–Kier alpha value is -2.53. The van der Waals surface area contributed by atoms with Gasteiger partial charge in [-0.05, 0) is 42.7 Å². The van der Waals surface area contributed by atoms with Gasteiger partial charge in [0.1, 0.15) is 11.5 Å². The highest BCUT2D eigenvalue weighted by Crippen LogP contribution is 2.22. The van der Waals surface area contributed by atoms with E-state index in [1.165, 1.54) is 0 Å². The lowest BCUT2D eigenvalue weighted by Crippen LogP contribution is -2.36. The molecule has 1 aliphatic rings. The Bertz CT molecular complexity index is 932. The van der Waals surface area contributed by atoms with Crippen LogP contribution in [0.4, 0.5) is 0 Å². The van der Waals surface area contributed by atoms with Gasteiger partial charge in [-0.1, -0.05) is 24.3 Å². The minimum atomic E-state index is -0.505. The minimum absolute atomic E-state index is 0. The van der Waals surface area contributed by atoms with Crippen LogP contribution in [-0.2, 0) is 22.6 Å². The fourth-order valence-corrected chi connectivity index (χ4v) is 3.35. The predicted octanol–water partition coefficient (Wildman–Crippen LogP) is 2.76. The summed E-state index contributed by atoms with van der Waals surface area (Å²) in [6.45, 7) is 5.30. The Kier molecular flexibility index (Phi) is 11.2. The minimum Gasteiger partial charge on any atom is -0.493 e. The number of rotatable bonds is 10. The van der Waals surface area contributed by atoms with Crippen molar-refractivity contribution in [3.05, 3.63) is 59.2 Å². The summed E-state index contributed by atoms with van der Waals surface area (Å²) >= 11 is 0. The van der Waals surface area contributed by atoms with Crippen molar-refractivity contribution in [2.45, 2.75) is 26.4 Å². The number of carbonyl (C=O) groups is 1. The van der Waals surface area contributed by atoms with Crippen molar-refractivity contribution in [2.75, 3.05) is 33.5 Å². The molecule has 0 spiro atoms. The number of aliphatic imine (C=N–C) groups is 1. The maximum absolute atomic E-state index is 10.9. The van der Waals surface area contributed by atoms with Crippen molar-refractivity contribution < 1.29 is 19.0 Å². The Balaban J connectivity index is 0.00000385. The lowest BCUT2D eigenvalue weighted by molar-refractivity contribution is -0.119. The van der Waals surface area contributed by atoms with Gasteiger partial charge in [-0.3, -0.25) is 9.79 Å². The van der Waals surface area contributed by atoms with Crippen LogP contribution >= 0.6 is 24.0 Å². The molecule has 1 aliphatic heterocycles. The molecule has 8 nitrogen and oxygen atoms in total.